The molecule has 198 valence electrons. The minimum atomic E-state index is -0.923. The van der Waals surface area contributed by atoms with Gasteiger partial charge in [0.2, 0.25) is 11.8 Å². The van der Waals surface area contributed by atoms with Gasteiger partial charge in [-0.05, 0) is 36.2 Å². The predicted octanol–water partition coefficient (Wildman–Crippen LogP) is 5.11. The lowest BCUT2D eigenvalue weighted by Crippen LogP contribution is -2.60. The largest absolute Gasteiger partial charge is 0.342 e. The van der Waals surface area contributed by atoms with Gasteiger partial charge < -0.3 is 20.4 Å². The molecule has 0 radical (unpaired) electrons. The third-order valence-corrected chi connectivity index (χ3v) is 7.18. The Bertz CT molecular complexity index is 1260. The van der Waals surface area contributed by atoms with Gasteiger partial charge in [0.1, 0.15) is 11.4 Å². The van der Waals surface area contributed by atoms with Gasteiger partial charge in [0.15, 0.2) is 0 Å². The second-order valence-corrected chi connectivity index (χ2v) is 10.2. The number of nitrogens with zero attached hydrogens (tertiary/aromatic N) is 2. The fourth-order valence-electron chi connectivity index (χ4n) is 4.51. The highest BCUT2D eigenvalue weighted by atomic mass is 35.5. The molecule has 3 atom stereocenters. The Kier molecular flexibility index (Phi) is 9.26. The van der Waals surface area contributed by atoms with Gasteiger partial charge in [0.05, 0.1) is 0 Å². The lowest BCUT2D eigenvalue weighted by Gasteiger charge is -2.41. The first-order valence-corrected chi connectivity index (χ1v) is 13.3. The van der Waals surface area contributed by atoms with Crippen LogP contribution in [0.5, 0.6) is 0 Å². The molecule has 4 amide bonds. The average Bonchev–Trinajstić information content (AvgIpc) is 2.92. The second kappa shape index (κ2) is 12.8. The first-order valence-electron chi connectivity index (χ1n) is 12.5. The van der Waals surface area contributed by atoms with Crippen molar-refractivity contribution in [2.75, 3.05) is 25.0 Å². The van der Waals surface area contributed by atoms with Gasteiger partial charge in [-0.15, -0.1) is 11.6 Å². The van der Waals surface area contributed by atoms with E-state index in [1.165, 1.54) is 0 Å². The summed E-state index contributed by atoms with van der Waals surface area (Å²) in [6, 6.07) is 24.2. The van der Waals surface area contributed by atoms with Crippen LogP contribution in [-0.4, -0.2) is 59.4 Å². The fourth-order valence-corrected chi connectivity index (χ4v) is 4.91. The molecule has 1 saturated heterocycles. The van der Waals surface area contributed by atoms with Crippen LogP contribution in [0.3, 0.4) is 0 Å². The molecule has 1 aliphatic rings. The zero-order valence-corrected chi connectivity index (χ0v) is 22.5. The molecule has 9 heteroatoms. The van der Waals surface area contributed by atoms with Crippen LogP contribution in [0.25, 0.3) is 0 Å². The number of rotatable bonds is 7. The molecule has 38 heavy (non-hydrogen) atoms. The molecule has 1 heterocycles. The van der Waals surface area contributed by atoms with Gasteiger partial charge in [-0.25, -0.2) is 4.79 Å². The van der Waals surface area contributed by atoms with E-state index in [0.29, 0.717) is 42.3 Å². The molecular weight excluding hydrogens is 523 g/mol. The van der Waals surface area contributed by atoms with E-state index in [0.717, 1.165) is 5.56 Å². The molecule has 0 spiro atoms. The van der Waals surface area contributed by atoms with E-state index in [2.05, 4.69) is 10.6 Å². The zero-order chi connectivity index (χ0) is 27.1. The maximum atomic E-state index is 13.7. The molecule has 0 bridgehead atoms. The van der Waals surface area contributed by atoms with Crippen LogP contribution in [0.2, 0.25) is 5.02 Å². The van der Waals surface area contributed by atoms with Gasteiger partial charge in [0.25, 0.3) is 0 Å². The van der Waals surface area contributed by atoms with Crippen molar-refractivity contribution >= 4 is 46.7 Å². The van der Waals surface area contributed by atoms with Crippen molar-refractivity contribution in [2.45, 2.75) is 30.8 Å². The number of amides is 4. The second-order valence-electron chi connectivity index (χ2n) is 9.29. The summed E-state index contributed by atoms with van der Waals surface area (Å²) in [7, 11) is 0. The Morgan fingerprint density at radius 2 is 1.63 bits per heavy atom. The van der Waals surface area contributed by atoms with Crippen LogP contribution in [-0.2, 0) is 16.0 Å². The van der Waals surface area contributed by atoms with E-state index in [1.807, 2.05) is 55.5 Å². The maximum Gasteiger partial charge on any atom is 0.322 e. The molecule has 0 saturated carbocycles. The summed E-state index contributed by atoms with van der Waals surface area (Å²) in [5.74, 6) is -0.638. The summed E-state index contributed by atoms with van der Waals surface area (Å²) in [4.78, 5) is 43.0. The van der Waals surface area contributed by atoms with Crippen molar-refractivity contribution in [3.63, 3.8) is 0 Å². The Hall–Kier alpha value is -3.55. The molecule has 1 fully saturated rings. The standard InChI is InChI=1S/C29H30Cl2N4O3/c1-20-19-34(15-16-35(20)29(38)32-24-14-8-13-23(30)18-24)28(37)25(17-21-9-4-2-5-10-21)33-27(36)26(31)22-11-6-3-7-12-22/h2-14,18,20,25-26H,15-17,19H2,1H3,(H,32,38)(H,33,36). The fraction of sp³-hybridized carbons (Fsp3) is 0.276. The van der Waals surface area contributed by atoms with Crippen molar-refractivity contribution in [1.82, 2.24) is 15.1 Å². The van der Waals surface area contributed by atoms with Crippen LogP contribution in [0.4, 0.5) is 10.5 Å². The zero-order valence-electron chi connectivity index (χ0n) is 21.0. The predicted molar refractivity (Wildman–Crippen MR) is 150 cm³/mol. The van der Waals surface area contributed by atoms with Crippen LogP contribution in [0, 0.1) is 0 Å². The molecule has 0 aromatic heterocycles. The van der Waals surface area contributed by atoms with Crippen LogP contribution in [0.15, 0.2) is 84.9 Å². The highest BCUT2D eigenvalue weighted by molar-refractivity contribution is 6.31. The van der Waals surface area contributed by atoms with E-state index in [9.17, 15) is 14.4 Å². The summed E-state index contributed by atoms with van der Waals surface area (Å²) in [5, 5.41) is 5.35. The molecule has 1 aliphatic heterocycles. The van der Waals surface area contributed by atoms with Gasteiger partial charge in [-0.3, -0.25) is 9.59 Å². The Morgan fingerprint density at radius 1 is 0.947 bits per heavy atom. The van der Waals surface area contributed by atoms with Gasteiger partial charge in [-0.2, -0.15) is 0 Å². The highest BCUT2D eigenvalue weighted by Crippen LogP contribution is 2.22. The van der Waals surface area contributed by atoms with Crippen molar-refractivity contribution in [1.29, 1.82) is 0 Å². The summed E-state index contributed by atoms with van der Waals surface area (Å²) in [6.45, 7) is 2.93. The van der Waals surface area contributed by atoms with E-state index in [4.69, 9.17) is 23.2 Å². The number of carbonyl (C=O) groups is 3. The van der Waals surface area contributed by atoms with Crippen LogP contribution < -0.4 is 10.6 Å². The molecule has 7 nitrogen and oxygen atoms in total. The number of benzene rings is 3. The minimum Gasteiger partial charge on any atom is -0.342 e. The van der Waals surface area contributed by atoms with Crippen molar-refractivity contribution < 1.29 is 14.4 Å². The van der Waals surface area contributed by atoms with E-state index < -0.39 is 17.3 Å². The molecular formula is C29H30Cl2N4O3. The van der Waals surface area contributed by atoms with Crippen LogP contribution in [0.1, 0.15) is 23.4 Å². The molecule has 3 aromatic rings. The number of alkyl halides is 1. The molecule has 3 unspecified atom stereocenters. The molecule has 2 N–H and O–H groups in total. The number of nitrogens with one attached hydrogen (secondary N) is 2. The van der Waals surface area contributed by atoms with Gasteiger partial charge in [0, 0.05) is 42.8 Å². The number of hydrogen-bond acceptors (Lipinski definition) is 3. The van der Waals surface area contributed by atoms with E-state index >= 15 is 0 Å². The number of carbonyl (C=O) groups excluding carboxylic acids is 3. The third kappa shape index (κ3) is 7.05. The first-order chi connectivity index (χ1) is 18.3. The Labute approximate surface area is 232 Å². The number of halogens is 2. The topological polar surface area (TPSA) is 81.8 Å². The first kappa shape index (κ1) is 27.5. The third-order valence-electron chi connectivity index (χ3n) is 6.50. The molecule has 3 aromatic carbocycles. The lowest BCUT2D eigenvalue weighted by atomic mass is 10.0. The summed E-state index contributed by atoms with van der Waals surface area (Å²) in [6.07, 6.45) is 0.327. The normalized spacial score (nSPS) is 16.9. The van der Waals surface area contributed by atoms with Crippen LogP contribution >= 0.6 is 23.2 Å². The van der Waals surface area contributed by atoms with Crippen molar-refractivity contribution in [2.24, 2.45) is 0 Å². The number of anilines is 1. The molecule has 4 rings (SSSR count). The lowest BCUT2D eigenvalue weighted by molar-refractivity contribution is -0.138. The van der Waals surface area contributed by atoms with E-state index in [-0.39, 0.29) is 18.0 Å². The summed E-state index contributed by atoms with van der Waals surface area (Å²) >= 11 is 12.5. The maximum absolute atomic E-state index is 13.7. The quantitative estimate of drug-likeness (QED) is 0.399. The monoisotopic (exact) mass is 552 g/mol. The van der Waals surface area contributed by atoms with Crippen molar-refractivity contribution in [3.8, 4) is 0 Å². The smallest absolute Gasteiger partial charge is 0.322 e. The van der Waals surface area contributed by atoms with Crippen molar-refractivity contribution in [3.05, 3.63) is 101 Å². The Balaban J connectivity index is 1.43. The van der Waals surface area contributed by atoms with Gasteiger partial charge in [-0.1, -0.05) is 78.3 Å². The molecule has 0 aliphatic carbocycles. The SMILES string of the molecule is CC1CN(C(=O)C(Cc2ccccc2)NC(=O)C(Cl)c2ccccc2)CCN1C(=O)Nc1cccc(Cl)c1. The summed E-state index contributed by atoms with van der Waals surface area (Å²) in [5.41, 5.74) is 2.18. The van der Waals surface area contributed by atoms with Gasteiger partial charge >= 0.3 is 6.03 Å². The number of urea groups is 1. The summed E-state index contributed by atoms with van der Waals surface area (Å²) < 4.78 is 0. The average molecular weight is 553 g/mol. The Morgan fingerprint density at radius 3 is 2.29 bits per heavy atom. The number of hydrogen-bond donors (Lipinski definition) is 2. The number of piperazine rings is 1. The minimum absolute atomic E-state index is 0.208. The highest BCUT2D eigenvalue weighted by Gasteiger charge is 2.34. The van der Waals surface area contributed by atoms with E-state index in [1.54, 1.807) is 46.2 Å².